The van der Waals surface area contributed by atoms with E-state index >= 15 is 0 Å². The largest absolute Gasteiger partial charge is 0.435 e. The third-order valence-electron chi connectivity index (χ3n) is 18.8. The van der Waals surface area contributed by atoms with E-state index in [1.807, 2.05) is 0 Å². The molecule has 20 aromatic rings. The SMILES string of the molecule is c1cc2ccc3ccc(-c4cc(-c5ccc6ccc7cccc8ccc5c6c78)c5nc(-c6ccc(-c7nc8c9ccccc9c9ccccc9c8o7)cc6)nc(-c6ccc(-c7nc8c9ccccc9c9ccccc9c8o7)cc6)c5c4)c4ccc(c1)c2c34. The van der Waals surface area contributed by atoms with Crippen LogP contribution in [0.15, 0.2) is 276 Å². The minimum Gasteiger partial charge on any atom is -0.435 e. The summed E-state index contributed by atoms with van der Waals surface area (Å²) in [4.78, 5) is 21.9. The van der Waals surface area contributed by atoms with E-state index in [0.29, 0.717) is 17.6 Å². The second kappa shape index (κ2) is 17.8. The van der Waals surface area contributed by atoms with Crippen LogP contribution < -0.4 is 0 Å². The predicted octanol–water partition coefficient (Wildman–Crippen LogP) is 22.3. The maximum absolute atomic E-state index is 6.80. The molecule has 0 saturated carbocycles. The molecule has 0 saturated heterocycles. The van der Waals surface area contributed by atoms with Crippen molar-refractivity contribution in [3.05, 3.63) is 267 Å². The first-order chi connectivity index (χ1) is 43.6. The Morgan fingerprint density at radius 2 is 0.614 bits per heavy atom. The van der Waals surface area contributed by atoms with E-state index in [-0.39, 0.29) is 0 Å². The number of fused-ring (bicyclic) bond motifs is 13. The van der Waals surface area contributed by atoms with Crippen LogP contribution in [-0.4, -0.2) is 19.9 Å². The van der Waals surface area contributed by atoms with Gasteiger partial charge in [0.2, 0.25) is 11.8 Å². The van der Waals surface area contributed by atoms with Gasteiger partial charge in [-0.3, -0.25) is 0 Å². The summed E-state index contributed by atoms with van der Waals surface area (Å²) in [6.07, 6.45) is 0. The molecular weight excluding hydrogens is 1070 g/mol. The first-order valence-corrected chi connectivity index (χ1v) is 29.9. The molecule has 0 radical (unpaired) electrons. The summed E-state index contributed by atoms with van der Waals surface area (Å²) < 4.78 is 13.6. The molecule has 3 heterocycles. The number of nitrogens with zero attached hydrogens (tertiary/aromatic N) is 4. The van der Waals surface area contributed by atoms with Gasteiger partial charge in [-0.1, -0.05) is 231 Å². The maximum atomic E-state index is 6.80. The highest BCUT2D eigenvalue weighted by molar-refractivity contribution is 6.29. The van der Waals surface area contributed by atoms with E-state index in [4.69, 9.17) is 28.8 Å². The van der Waals surface area contributed by atoms with E-state index < -0.39 is 0 Å². The molecule has 0 atom stereocenters. The monoisotopic (exact) mass is 1120 g/mol. The van der Waals surface area contributed by atoms with Crippen LogP contribution in [0.2, 0.25) is 0 Å². The molecule has 0 unspecified atom stereocenters. The Bertz CT molecular complexity index is 6180. The lowest BCUT2D eigenvalue weighted by atomic mass is 9.86. The first-order valence-electron chi connectivity index (χ1n) is 29.9. The van der Waals surface area contributed by atoms with E-state index in [1.54, 1.807) is 0 Å². The zero-order chi connectivity index (χ0) is 57.3. The van der Waals surface area contributed by atoms with Crippen LogP contribution in [0.3, 0.4) is 0 Å². The molecular formula is C82H44N4O2. The van der Waals surface area contributed by atoms with E-state index in [2.05, 4.69) is 267 Å². The summed E-state index contributed by atoms with van der Waals surface area (Å²) in [6, 6.07) is 96.0. The molecule has 6 heteroatoms. The van der Waals surface area contributed by atoms with Crippen molar-refractivity contribution in [1.82, 2.24) is 19.9 Å². The molecule has 88 heavy (non-hydrogen) atoms. The topological polar surface area (TPSA) is 77.8 Å². The summed E-state index contributed by atoms with van der Waals surface area (Å²) in [5.41, 5.74) is 12.8. The van der Waals surface area contributed by atoms with Gasteiger partial charge >= 0.3 is 0 Å². The van der Waals surface area contributed by atoms with Crippen LogP contribution in [-0.2, 0) is 0 Å². The van der Waals surface area contributed by atoms with Gasteiger partial charge in [0, 0.05) is 54.7 Å². The maximum Gasteiger partial charge on any atom is 0.227 e. The highest BCUT2D eigenvalue weighted by Gasteiger charge is 2.24. The van der Waals surface area contributed by atoms with Crippen molar-refractivity contribution >= 4 is 141 Å². The second-order valence-corrected chi connectivity index (χ2v) is 23.5. The van der Waals surface area contributed by atoms with Gasteiger partial charge in [-0.05, 0) is 139 Å². The highest BCUT2D eigenvalue weighted by Crippen LogP contribution is 2.48. The Balaban J connectivity index is 0.831. The molecule has 0 aliphatic heterocycles. The Labute approximate surface area is 501 Å². The van der Waals surface area contributed by atoms with Gasteiger partial charge in [-0.25, -0.2) is 19.9 Å². The van der Waals surface area contributed by atoms with Crippen molar-refractivity contribution in [3.8, 4) is 67.8 Å². The molecule has 0 bridgehead atoms. The molecule has 17 aromatic carbocycles. The van der Waals surface area contributed by atoms with Crippen LogP contribution in [0.5, 0.6) is 0 Å². The molecule has 6 nitrogen and oxygen atoms in total. The van der Waals surface area contributed by atoms with Crippen LogP contribution in [0.4, 0.5) is 0 Å². The van der Waals surface area contributed by atoms with Crippen LogP contribution in [0, 0.1) is 0 Å². The summed E-state index contributed by atoms with van der Waals surface area (Å²) in [5, 5.41) is 24.5. The second-order valence-electron chi connectivity index (χ2n) is 23.5. The fourth-order valence-electron chi connectivity index (χ4n) is 14.7. The van der Waals surface area contributed by atoms with E-state index in [1.165, 1.54) is 64.6 Å². The molecule has 0 fully saturated rings. The van der Waals surface area contributed by atoms with Gasteiger partial charge in [0.1, 0.15) is 11.0 Å². The van der Waals surface area contributed by atoms with Crippen LogP contribution >= 0.6 is 0 Å². The Kier molecular flexibility index (Phi) is 9.63. The van der Waals surface area contributed by atoms with Gasteiger partial charge in [0.25, 0.3) is 0 Å². The molecule has 0 aliphatic carbocycles. The zero-order valence-corrected chi connectivity index (χ0v) is 47.0. The number of hydrogen-bond donors (Lipinski definition) is 0. The summed E-state index contributed by atoms with van der Waals surface area (Å²) in [7, 11) is 0. The lowest BCUT2D eigenvalue weighted by Gasteiger charge is -2.19. The van der Waals surface area contributed by atoms with Crippen molar-refractivity contribution in [2.45, 2.75) is 0 Å². The number of oxazole rings is 2. The van der Waals surface area contributed by atoms with Crippen molar-refractivity contribution in [2.75, 3.05) is 0 Å². The molecule has 20 rings (SSSR count). The van der Waals surface area contributed by atoms with Gasteiger partial charge < -0.3 is 8.83 Å². The van der Waals surface area contributed by atoms with Gasteiger partial charge in [0.05, 0.1) is 11.2 Å². The number of benzene rings is 17. The Hall–Kier alpha value is -11.9. The molecule has 0 aliphatic rings. The average molecular weight is 1120 g/mol. The van der Waals surface area contributed by atoms with Crippen molar-refractivity contribution in [3.63, 3.8) is 0 Å². The van der Waals surface area contributed by atoms with Crippen LogP contribution in [0.25, 0.3) is 209 Å². The Morgan fingerprint density at radius 3 is 1.12 bits per heavy atom. The normalized spacial score (nSPS) is 12.3. The number of aromatic nitrogens is 4. The molecule has 0 spiro atoms. The molecule has 3 aromatic heterocycles. The highest BCUT2D eigenvalue weighted by atomic mass is 16.4. The van der Waals surface area contributed by atoms with E-state index in [0.717, 1.165) is 126 Å². The van der Waals surface area contributed by atoms with E-state index in [9.17, 15) is 0 Å². The number of hydrogen-bond acceptors (Lipinski definition) is 6. The predicted molar refractivity (Wildman–Crippen MR) is 365 cm³/mol. The minimum atomic E-state index is 0.555. The summed E-state index contributed by atoms with van der Waals surface area (Å²) in [5.74, 6) is 1.71. The fourth-order valence-corrected chi connectivity index (χ4v) is 14.7. The lowest BCUT2D eigenvalue weighted by Crippen LogP contribution is -1.99. The third kappa shape index (κ3) is 6.76. The molecule has 0 N–H and O–H groups in total. The smallest absolute Gasteiger partial charge is 0.227 e. The van der Waals surface area contributed by atoms with Crippen molar-refractivity contribution in [1.29, 1.82) is 0 Å². The fraction of sp³-hybridized carbons (Fsp3) is 0. The quantitative estimate of drug-likeness (QED) is 0.154. The lowest BCUT2D eigenvalue weighted by molar-refractivity contribution is 0.622. The summed E-state index contributed by atoms with van der Waals surface area (Å²) >= 11 is 0. The van der Waals surface area contributed by atoms with Gasteiger partial charge in [0.15, 0.2) is 17.0 Å². The third-order valence-corrected chi connectivity index (χ3v) is 18.8. The van der Waals surface area contributed by atoms with Crippen molar-refractivity contribution < 1.29 is 8.83 Å². The number of rotatable bonds is 6. The van der Waals surface area contributed by atoms with Crippen LogP contribution in [0.1, 0.15) is 0 Å². The van der Waals surface area contributed by atoms with Gasteiger partial charge in [-0.2, -0.15) is 0 Å². The first kappa shape index (κ1) is 47.5. The Morgan fingerprint density at radius 1 is 0.216 bits per heavy atom. The van der Waals surface area contributed by atoms with Crippen molar-refractivity contribution in [2.24, 2.45) is 0 Å². The standard InChI is InChI=1S/C82H44N4O2/c1-5-19-64-57(15-1)59-17-3-7-21-66(59)78-76(64)85-81(87-78)53-31-27-51(28-32-53)74-69-44-55(56-39-35-49-25-23-45-11-9-13-47-37-41-62(56)72(49)70(45)47)43-68(61-40-36-50-26-24-46-12-10-14-48-38-42-63(61)73(50)71(46)48)75(69)84-80(83-74)52-29-33-54(34-30-52)82-86-77-65-20-6-2-16-58(65)60-18-4-8-22-67(60)79(77)88-82/h1-44H. The zero-order valence-electron chi connectivity index (χ0n) is 47.0. The molecule has 404 valence electrons. The summed E-state index contributed by atoms with van der Waals surface area (Å²) in [6.45, 7) is 0. The average Bonchev–Trinajstić information content (AvgIpc) is 1.50. The molecule has 0 amide bonds. The van der Waals surface area contributed by atoms with Gasteiger partial charge in [-0.15, -0.1) is 0 Å². The minimum absolute atomic E-state index is 0.555.